The highest BCUT2D eigenvalue weighted by Gasteiger charge is 2.46. The second-order valence-corrected chi connectivity index (χ2v) is 8.80. The number of aryl methyl sites for hydroxylation is 1. The molecule has 1 aromatic heterocycles. The molecule has 0 saturated carbocycles. The standard InChI is InChI=1S/C27H17ClF3NO4/c1-14-5-2-3-8-19(14)23-22(24(33)21-12-15-11-17(28)9-10-20(15)36-21)25(34)26(35)32(23)18-7-4-6-16(13-18)27(29,30)31/h2-13,23,34H,1H3. The molecule has 1 unspecified atom stereocenters. The number of hydrogen-bond donors (Lipinski definition) is 1. The lowest BCUT2D eigenvalue weighted by Crippen LogP contribution is -2.31. The number of aliphatic hydroxyl groups is 1. The van der Waals surface area contributed by atoms with Gasteiger partial charge in [0.2, 0.25) is 5.78 Å². The highest BCUT2D eigenvalue weighted by Crippen LogP contribution is 2.44. The van der Waals surface area contributed by atoms with Crippen molar-refractivity contribution in [3.8, 4) is 0 Å². The Morgan fingerprint density at radius 3 is 2.50 bits per heavy atom. The molecule has 36 heavy (non-hydrogen) atoms. The van der Waals surface area contributed by atoms with E-state index in [0.717, 1.165) is 17.0 Å². The highest BCUT2D eigenvalue weighted by atomic mass is 35.5. The molecule has 1 amide bonds. The molecule has 3 aromatic carbocycles. The monoisotopic (exact) mass is 511 g/mol. The molecule has 0 aliphatic carbocycles. The van der Waals surface area contributed by atoms with Gasteiger partial charge in [0, 0.05) is 16.1 Å². The largest absolute Gasteiger partial charge is 0.503 e. The Hall–Kier alpha value is -4.04. The van der Waals surface area contributed by atoms with Crippen molar-refractivity contribution in [2.75, 3.05) is 4.90 Å². The zero-order valence-electron chi connectivity index (χ0n) is 18.6. The molecular weight excluding hydrogens is 495 g/mol. The summed E-state index contributed by atoms with van der Waals surface area (Å²) in [5.41, 5.74) is 0.128. The lowest BCUT2D eigenvalue weighted by molar-refractivity contribution is -0.137. The summed E-state index contributed by atoms with van der Waals surface area (Å²) in [6, 6.07) is 16.0. The topological polar surface area (TPSA) is 70.7 Å². The number of carbonyl (C=O) groups is 2. The molecule has 1 aliphatic heterocycles. The smallest absolute Gasteiger partial charge is 0.416 e. The van der Waals surface area contributed by atoms with Crippen LogP contribution < -0.4 is 4.90 Å². The maximum Gasteiger partial charge on any atom is 0.416 e. The van der Waals surface area contributed by atoms with Crippen molar-refractivity contribution < 1.29 is 32.3 Å². The molecule has 182 valence electrons. The van der Waals surface area contributed by atoms with Crippen LogP contribution in [0.5, 0.6) is 0 Å². The van der Waals surface area contributed by atoms with E-state index in [0.29, 0.717) is 27.1 Å². The van der Waals surface area contributed by atoms with Crippen LogP contribution in [0.1, 0.15) is 33.3 Å². The Balaban J connectivity index is 1.68. The third kappa shape index (κ3) is 3.93. The highest BCUT2D eigenvalue weighted by molar-refractivity contribution is 6.31. The molecule has 2 heterocycles. The van der Waals surface area contributed by atoms with Crippen LogP contribution in [0.25, 0.3) is 11.0 Å². The number of ketones is 1. The second kappa shape index (κ2) is 8.57. The van der Waals surface area contributed by atoms with Crippen molar-refractivity contribution in [3.63, 3.8) is 0 Å². The van der Waals surface area contributed by atoms with Gasteiger partial charge in [0.15, 0.2) is 11.5 Å². The molecule has 5 nitrogen and oxygen atoms in total. The summed E-state index contributed by atoms with van der Waals surface area (Å²) in [5.74, 6) is -2.77. The molecular formula is C27H17ClF3NO4. The fourth-order valence-corrected chi connectivity index (χ4v) is 4.56. The number of benzene rings is 3. The van der Waals surface area contributed by atoms with Crippen LogP contribution in [-0.4, -0.2) is 16.8 Å². The maximum atomic E-state index is 13.7. The van der Waals surface area contributed by atoms with Crippen molar-refractivity contribution >= 4 is 39.9 Å². The van der Waals surface area contributed by atoms with Gasteiger partial charge in [-0.05, 0) is 60.5 Å². The molecule has 1 aliphatic rings. The van der Waals surface area contributed by atoms with Crippen molar-refractivity contribution in [2.24, 2.45) is 0 Å². The molecule has 1 N–H and O–H groups in total. The fraction of sp³-hybridized carbons (Fsp3) is 0.111. The third-order valence-corrected chi connectivity index (χ3v) is 6.32. The van der Waals surface area contributed by atoms with Crippen LogP contribution in [0.3, 0.4) is 0 Å². The number of fused-ring (bicyclic) bond motifs is 1. The minimum Gasteiger partial charge on any atom is -0.503 e. The number of amides is 1. The van der Waals surface area contributed by atoms with Gasteiger partial charge < -0.3 is 9.52 Å². The number of aliphatic hydroxyl groups excluding tert-OH is 1. The number of rotatable bonds is 4. The van der Waals surface area contributed by atoms with Crippen LogP contribution in [-0.2, 0) is 11.0 Å². The van der Waals surface area contributed by atoms with E-state index >= 15 is 0 Å². The molecule has 4 aromatic rings. The van der Waals surface area contributed by atoms with Gasteiger partial charge in [-0.1, -0.05) is 41.9 Å². The van der Waals surface area contributed by atoms with E-state index in [2.05, 4.69) is 0 Å². The van der Waals surface area contributed by atoms with Gasteiger partial charge in [0.25, 0.3) is 5.91 Å². The minimum atomic E-state index is -4.65. The van der Waals surface area contributed by atoms with Crippen molar-refractivity contribution in [1.29, 1.82) is 0 Å². The zero-order chi connectivity index (χ0) is 25.8. The van der Waals surface area contributed by atoms with E-state index in [1.165, 1.54) is 18.2 Å². The fourth-order valence-electron chi connectivity index (χ4n) is 4.38. The number of hydrogen-bond acceptors (Lipinski definition) is 4. The summed E-state index contributed by atoms with van der Waals surface area (Å²) >= 11 is 6.02. The van der Waals surface area contributed by atoms with E-state index in [4.69, 9.17) is 16.0 Å². The van der Waals surface area contributed by atoms with Gasteiger partial charge in [-0.2, -0.15) is 13.2 Å². The summed E-state index contributed by atoms with van der Waals surface area (Å²) in [6.45, 7) is 1.74. The predicted molar refractivity (Wildman–Crippen MR) is 128 cm³/mol. The van der Waals surface area contributed by atoms with Gasteiger partial charge >= 0.3 is 6.18 Å². The molecule has 0 saturated heterocycles. The van der Waals surface area contributed by atoms with Crippen molar-refractivity contribution in [2.45, 2.75) is 19.1 Å². The van der Waals surface area contributed by atoms with Crippen LogP contribution in [0.4, 0.5) is 18.9 Å². The third-order valence-electron chi connectivity index (χ3n) is 6.09. The summed E-state index contributed by atoms with van der Waals surface area (Å²) < 4.78 is 46.0. The molecule has 0 bridgehead atoms. The first-order valence-corrected chi connectivity index (χ1v) is 11.2. The molecule has 0 fully saturated rings. The van der Waals surface area contributed by atoms with Gasteiger partial charge in [-0.15, -0.1) is 0 Å². The summed E-state index contributed by atoms with van der Waals surface area (Å²) in [6.07, 6.45) is -4.65. The van der Waals surface area contributed by atoms with Crippen molar-refractivity contribution in [3.05, 3.63) is 112 Å². The Labute approximate surface area is 208 Å². The molecule has 0 spiro atoms. The Kier molecular flexibility index (Phi) is 5.64. The Morgan fingerprint density at radius 2 is 1.78 bits per heavy atom. The number of alkyl halides is 3. The van der Waals surface area contributed by atoms with Crippen LogP contribution >= 0.6 is 11.6 Å². The van der Waals surface area contributed by atoms with Crippen LogP contribution in [0, 0.1) is 6.92 Å². The second-order valence-electron chi connectivity index (χ2n) is 8.37. The lowest BCUT2D eigenvalue weighted by atomic mass is 9.92. The number of halogens is 4. The summed E-state index contributed by atoms with van der Waals surface area (Å²) in [7, 11) is 0. The van der Waals surface area contributed by atoms with Gasteiger partial charge in [0.05, 0.1) is 17.2 Å². The maximum absolute atomic E-state index is 13.7. The molecule has 1 atom stereocenters. The summed E-state index contributed by atoms with van der Waals surface area (Å²) in [5, 5.41) is 11.8. The van der Waals surface area contributed by atoms with E-state index in [1.54, 1.807) is 49.4 Å². The Morgan fingerprint density at radius 1 is 1.03 bits per heavy atom. The first kappa shape index (κ1) is 23.7. The number of carbonyl (C=O) groups excluding carboxylic acids is 2. The zero-order valence-corrected chi connectivity index (χ0v) is 19.4. The van der Waals surface area contributed by atoms with E-state index < -0.39 is 35.2 Å². The predicted octanol–water partition coefficient (Wildman–Crippen LogP) is 7.20. The normalized spacial score (nSPS) is 16.3. The Bertz CT molecular complexity index is 1570. The van der Waals surface area contributed by atoms with E-state index in [9.17, 15) is 27.9 Å². The molecule has 5 rings (SSSR count). The quantitative estimate of drug-likeness (QED) is 0.294. The number of anilines is 1. The van der Waals surface area contributed by atoms with Crippen LogP contribution in [0.2, 0.25) is 5.02 Å². The molecule has 9 heteroatoms. The average Bonchev–Trinajstić information content (AvgIpc) is 3.37. The molecule has 0 radical (unpaired) electrons. The summed E-state index contributed by atoms with van der Waals surface area (Å²) in [4.78, 5) is 27.9. The first-order valence-electron chi connectivity index (χ1n) is 10.8. The number of Topliss-reactive ketones (excluding diaryl/α,β-unsaturated/α-hetero) is 1. The SMILES string of the molecule is Cc1ccccc1C1C(C(=O)c2cc3cc(Cl)ccc3o2)=C(O)C(=O)N1c1cccc(C(F)(F)F)c1. The van der Waals surface area contributed by atoms with Gasteiger partial charge in [0.1, 0.15) is 5.58 Å². The number of furan rings is 1. The van der Waals surface area contributed by atoms with E-state index in [-0.39, 0.29) is 17.0 Å². The van der Waals surface area contributed by atoms with Gasteiger partial charge in [-0.3, -0.25) is 14.5 Å². The van der Waals surface area contributed by atoms with Crippen molar-refractivity contribution in [1.82, 2.24) is 0 Å². The van der Waals surface area contributed by atoms with E-state index in [1.807, 2.05) is 0 Å². The lowest BCUT2D eigenvalue weighted by Gasteiger charge is -2.28. The van der Waals surface area contributed by atoms with Crippen LogP contribution in [0.15, 0.2) is 88.5 Å². The first-order chi connectivity index (χ1) is 17.1. The van der Waals surface area contributed by atoms with Gasteiger partial charge in [-0.25, -0.2) is 0 Å². The average molecular weight is 512 g/mol. The number of nitrogens with zero attached hydrogens (tertiary/aromatic N) is 1. The minimum absolute atomic E-state index is 0.117.